The van der Waals surface area contributed by atoms with Crippen LogP contribution in [0.2, 0.25) is 0 Å². The molecule has 7 heteroatoms. The molecule has 0 aliphatic heterocycles. The number of amides is 1. The molecule has 0 radical (unpaired) electrons. The number of rotatable bonds is 9. The number of carbonyl (C=O) groups excluding carboxylic acids is 1. The number of carboxylic acid groups (broad SMARTS) is 1. The maximum absolute atomic E-state index is 12.5. The van der Waals surface area contributed by atoms with Crippen molar-refractivity contribution in [2.45, 2.75) is 40.3 Å². The molecule has 0 saturated heterocycles. The summed E-state index contributed by atoms with van der Waals surface area (Å²) in [4.78, 5) is 32.1. The van der Waals surface area contributed by atoms with Crippen LogP contribution in [-0.2, 0) is 11.3 Å². The minimum Gasteiger partial charge on any atom is -0.480 e. The van der Waals surface area contributed by atoms with Crippen molar-refractivity contribution in [3.63, 3.8) is 0 Å². The maximum Gasteiger partial charge on any atom is 0.326 e. The van der Waals surface area contributed by atoms with Gasteiger partial charge in [0, 0.05) is 29.1 Å². The first kappa shape index (κ1) is 23.5. The Bertz CT molecular complexity index is 1060. The van der Waals surface area contributed by atoms with Gasteiger partial charge in [0.25, 0.3) is 5.91 Å². The molecule has 1 amide bonds. The highest BCUT2D eigenvalue weighted by molar-refractivity contribution is 7.16. The monoisotopic (exact) mass is 451 g/mol. The molecule has 1 atom stereocenters. The summed E-state index contributed by atoms with van der Waals surface area (Å²) in [6.07, 6.45) is 0. The Kier molecular flexibility index (Phi) is 7.64. The molecule has 0 saturated carbocycles. The number of thiazole rings is 1. The third-order valence-electron chi connectivity index (χ3n) is 5.29. The molecule has 2 aromatic carbocycles. The Morgan fingerprint density at radius 1 is 1.09 bits per heavy atom. The number of hydrogen-bond donors (Lipinski definition) is 2. The summed E-state index contributed by atoms with van der Waals surface area (Å²) in [5.41, 5.74) is 3.62. The first-order valence-electron chi connectivity index (χ1n) is 10.7. The highest BCUT2D eigenvalue weighted by Gasteiger charge is 2.24. The number of aromatic nitrogens is 1. The largest absolute Gasteiger partial charge is 0.480 e. The van der Waals surface area contributed by atoms with E-state index in [1.54, 1.807) is 37.3 Å². The van der Waals surface area contributed by atoms with Crippen LogP contribution < -0.4 is 10.2 Å². The quantitative estimate of drug-likeness (QED) is 0.479. The maximum atomic E-state index is 12.5. The van der Waals surface area contributed by atoms with Gasteiger partial charge in [-0.1, -0.05) is 56.3 Å². The van der Waals surface area contributed by atoms with Gasteiger partial charge in [-0.3, -0.25) is 4.79 Å². The van der Waals surface area contributed by atoms with Crippen LogP contribution in [0.25, 0.3) is 11.3 Å². The second-order valence-electron chi connectivity index (χ2n) is 8.01. The second kappa shape index (κ2) is 10.4. The molecule has 32 heavy (non-hydrogen) atoms. The fourth-order valence-electron chi connectivity index (χ4n) is 3.42. The van der Waals surface area contributed by atoms with E-state index in [4.69, 9.17) is 4.98 Å². The number of carboxylic acids is 1. The normalized spacial score (nSPS) is 11.9. The number of carbonyl (C=O) groups is 2. The molecule has 1 heterocycles. The summed E-state index contributed by atoms with van der Waals surface area (Å²) in [6.45, 7) is 9.20. The summed E-state index contributed by atoms with van der Waals surface area (Å²) in [5, 5.41) is 12.8. The topological polar surface area (TPSA) is 82.5 Å². The van der Waals surface area contributed by atoms with Gasteiger partial charge in [0.15, 0.2) is 5.13 Å². The molecule has 3 rings (SSSR count). The predicted octanol–water partition coefficient (Wildman–Crippen LogP) is 4.98. The van der Waals surface area contributed by atoms with Crippen LogP contribution in [0.4, 0.5) is 5.13 Å². The molecule has 2 N–H and O–H groups in total. The van der Waals surface area contributed by atoms with Crippen molar-refractivity contribution >= 4 is 28.3 Å². The van der Waals surface area contributed by atoms with Crippen molar-refractivity contribution in [2.75, 3.05) is 11.4 Å². The smallest absolute Gasteiger partial charge is 0.326 e. The number of benzene rings is 2. The molecule has 0 aliphatic rings. The summed E-state index contributed by atoms with van der Waals surface area (Å²) in [6, 6.07) is 16.5. The number of nitrogens with one attached hydrogen (secondary N) is 1. The SMILES string of the molecule is CCN(Cc1ccc(C(=O)NC(C(=O)O)C(C)C)cc1)c1nc(-c2ccccc2)c(C)s1. The molecule has 3 aromatic rings. The van der Waals surface area contributed by atoms with E-state index in [1.165, 1.54) is 4.88 Å². The van der Waals surface area contributed by atoms with Gasteiger partial charge >= 0.3 is 5.97 Å². The van der Waals surface area contributed by atoms with Gasteiger partial charge < -0.3 is 15.3 Å². The lowest BCUT2D eigenvalue weighted by Gasteiger charge is -2.20. The van der Waals surface area contributed by atoms with Crippen molar-refractivity contribution in [1.82, 2.24) is 10.3 Å². The molecule has 0 fully saturated rings. The minimum absolute atomic E-state index is 0.198. The number of aliphatic carboxylic acids is 1. The summed E-state index contributed by atoms with van der Waals surface area (Å²) in [7, 11) is 0. The van der Waals surface area contributed by atoms with Crippen molar-refractivity contribution in [1.29, 1.82) is 0 Å². The first-order valence-corrected chi connectivity index (χ1v) is 11.5. The lowest BCUT2D eigenvalue weighted by molar-refractivity contribution is -0.140. The average molecular weight is 452 g/mol. The average Bonchev–Trinajstić information content (AvgIpc) is 3.17. The molecular formula is C25H29N3O3S. The zero-order valence-electron chi connectivity index (χ0n) is 18.8. The molecule has 1 unspecified atom stereocenters. The van der Waals surface area contributed by atoms with Gasteiger partial charge in [-0.15, -0.1) is 11.3 Å². The van der Waals surface area contributed by atoms with E-state index < -0.39 is 12.0 Å². The Balaban J connectivity index is 1.71. The molecule has 1 aromatic heterocycles. The van der Waals surface area contributed by atoms with Gasteiger partial charge in [0.05, 0.1) is 5.69 Å². The van der Waals surface area contributed by atoms with Gasteiger partial charge in [-0.05, 0) is 37.5 Å². The second-order valence-corrected chi connectivity index (χ2v) is 9.19. The molecular weight excluding hydrogens is 422 g/mol. The zero-order chi connectivity index (χ0) is 23.3. The highest BCUT2D eigenvalue weighted by atomic mass is 32.1. The molecule has 0 bridgehead atoms. The molecule has 0 aliphatic carbocycles. The van der Waals surface area contributed by atoms with Crippen molar-refractivity contribution in [2.24, 2.45) is 5.92 Å². The lowest BCUT2D eigenvalue weighted by Crippen LogP contribution is -2.44. The van der Waals surface area contributed by atoms with E-state index in [2.05, 4.69) is 36.2 Å². The predicted molar refractivity (Wildman–Crippen MR) is 129 cm³/mol. The first-order chi connectivity index (χ1) is 15.3. The van der Waals surface area contributed by atoms with Crippen molar-refractivity contribution in [3.05, 3.63) is 70.6 Å². The zero-order valence-corrected chi connectivity index (χ0v) is 19.6. The van der Waals surface area contributed by atoms with Crippen molar-refractivity contribution < 1.29 is 14.7 Å². The van der Waals surface area contributed by atoms with E-state index >= 15 is 0 Å². The summed E-state index contributed by atoms with van der Waals surface area (Å²) < 4.78 is 0. The minimum atomic E-state index is -1.03. The fourth-order valence-corrected chi connectivity index (χ4v) is 4.41. The number of anilines is 1. The number of nitrogens with zero attached hydrogens (tertiary/aromatic N) is 2. The molecule has 6 nitrogen and oxygen atoms in total. The van der Waals surface area contributed by atoms with Gasteiger partial charge in [-0.2, -0.15) is 0 Å². The van der Waals surface area contributed by atoms with Crippen LogP contribution >= 0.6 is 11.3 Å². The third kappa shape index (κ3) is 5.53. The van der Waals surface area contributed by atoms with E-state index in [0.717, 1.165) is 28.5 Å². The van der Waals surface area contributed by atoms with Crippen LogP contribution in [0.3, 0.4) is 0 Å². The van der Waals surface area contributed by atoms with E-state index in [0.29, 0.717) is 12.1 Å². The van der Waals surface area contributed by atoms with E-state index in [1.807, 2.05) is 30.3 Å². The summed E-state index contributed by atoms with van der Waals surface area (Å²) >= 11 is 1.68. The Morgan fingerprint density at radius 3 is 2.31 bits per heavy atom. The van der Waals surface area contributed by atoms with Crippen LogP contribution in [-0.4, -0.2) is 34.6 Å². The third-order valence-corrected chi connectivity index (χ3v) is 6.33. The Morgan fingerprint density at radius 2 is 1.75 bits per heavy atom. The van der Waals surface area contributed by atoms with Crippen LogP contribution in [0.15, 0.2) is 54.6 Å². The van der Waals surface area contributed by atoms with Crippen LogP contribution in [0, 0.1) is 12.8 Å². The van der Waals surface area contributed by atoms with Gasteiger partial charge in [0.2, 0.25) is 0 Å². The molecule has 0 spiro atoms. The molecule has 168 valence electrons. The Labute approximate surface area is 192 Å². The van der Waals surface area contributed by atoms with Gasteiger partial charge in [-0.25, -0.2) is 9.78 Å². The lowest BCUT2D eigenvalue weighted by atomic mass is 10.0. The van der Waals surface area contributed by atoms with E-state index in [9.17, 15) is 14.7 Å². The number of hydrogen-bond acceptors (Lipinski definition) is 5. The van der Waals surface area contributed by atoms with Gasteiger partial charge in [0.1, 0.15) is 6.04 Å². The summed E-state index contributed by atoms with van der Waals surface area (Å²) in [5.74, 6) is -1.61. The van der Waals surface area contributed by atoms with Crippen molar-refractivity contribution in [3.8, 4) is 11.3 Å². The fraction of sp³-hybridized carbons (Fsp3) is 0.320. The highest BCUT2D eigenvalue weighted by Crippen LogP contribution is 2.33. The van der Waals surface area contributed by atoms with Crippen LogP contribution in [0.5, 0.6) is 0 Å². The van der Waals surface area contributed by atoms with E-state index in [-0.39, 0.29) is 11.8 Å². The number of aryl methyl sites for hydroxylation is 1. The standard InChI is InChI=1S/C25H29N3O3S/c1-5-28(25-27-22(17(4)32-25)19-9-7-6-8-10-19)15-18-11-13-20(14-12-18)23(29)26-21(16(2)3)24(30)31/h6-14,16,21H,5,15H2,1-4H3,(H,26,29)(H,30,31). The van der Waals surface area contributed by atoms with Crippen LogP contribution in [0.1, 0.15) is 41.6 Å². The Hall–Kier alpha value is -3.19.